The highest BCUT2D eigenvalue weighted by Crippen LogP contribution is 2.32. The SMILES string of the molecule is C[C@@H]1CCCC[C@H]1NC(=O)CNC1(c2ccc(F)cc2)CCOCC1. The number of nitrogens with one attached hydrogen (secondary N) is 2. The predicted octanol–water partition coefficient (Wildman–Crippen LogP) is 3.12. The maximum atomic E-state index is 13.3. The van der Waals surface area contributed by atoms with E-state index in [9.17, 15) is 9.18 Å². The lowest BCUT2D eigenvalue weighted by molar-refractivity contribution is -0.122. The molecule has 0 bridgehead atoms. The second kappa shape index (κ2) is 8.28. The fraction of sp³-hybridized carbons (Fsp3) is 0.650. The zero-order valence-corrected chi connectivity index (χ0v) is 15.0. The van der Waals surface area contributed by atoms with Crippen LogP contribution in [-0.4, -0.2) is 31.7 Å². The van der Waals surface area contributed by atoms with E-state index in [-0.39, 0.29) is 23.8 Å². The van der Waals surface area contributed by atoms with Crippen LogP contribution in [-0.2, 0) is 15.1 Å². The predicted molar refractivity (Wildman–Crippen MR) is 95.7 cm³/mol. The second-order valence-electron chi connectivity index (χ2n) is 7.49. The van der Waals surface area contributed by atoms with E-state index in [2.05, 4.69) is 17.6 Å². The number of ether oxygens (including phenoxy) is 1. The van der Waals surface area contributed by atoms with Crippen molar-refractivity contribution < 1.29 is 13.9 Å². The normalized spacial score (nSPS) is 26.2. The van der Waals surface area contributed by atoms with Gasteiger partial charge in [0.1, 0.15) is 5.82 Å². The zero-order valence-electron chi connectivity index (χ0n) is 15.0. The van der Waals surface area contributed by atoms with Crippen LogP contribution in [0, 0.1) is 11.7 Å². The van der Waals surface area contributed by atoms with Gasteiger partial charge < -0.3 is 10.1 Å². The van der Waals surface area contributed by atoms with Gasteiger partial charge in [0.2, 0.25) is 5.91 Å². The first-order valence-electron chi connectivity index (χ1n) is 9.47. The minimum Gasteiger partial charge on any atom is -0.381 e. The summed E-state index contributed by atoms with van der Waals surface area (Å²) in [6.07, 6.45) is 6.29. The fourth-order valence-corrected chi connectivity index (χ4v) is 4.09. The summed E-state index contributed by atoms with van der Waals surface area (Å²) in [6, 6.07) is 6.89. The van der Waals surface area contributed by atoms with Crippen molar-refractivity contribution in [3.63, 3.8) is 0 Å². The number of halogens is 1. The molecule has 4 nitrogen and oxygen atoms in total. The molecular formula is C20H29FN2O2. The molecule has 3 rings (SSSR count). The van der Waals surface area contributed by atoms with Gasteiger partial charge in [0.15, 0.2) is 0 Å². The quantitative estimate of drug-likeness (QED) is 0.860. The number of amides is 1. The summed E-state index contributed by atoms with van der Waals surface area (Å²) < 4.78 is 18.8. The first-order valence-corrected chi connectivity index (χ1v) is 9.47. The first kappa shape index (κ1) is 18.3. The highest BCUT2D eigenvalue weighted by Gasteiger charge is 2.34. The lowest BCUT2D eigenvalue weighted by atomic mass is 9.82. The minimum atomic E-state index is -0.318. The minimum absolute atomic E-state index is 0.0479. The lowest BCUT2D eigenvalue weighted by Gasteiger charge is -2.39. The van der Waals surface area contributed by atoms with Gasteiger partial charge in [0.25, 0.3) is 0 Å². The molecule has 1 aromatic rings. The summed E-state index contributed by atoms with van der Waals surface area (Å²) in [5.41, 5.74) is 0.706. The number of carbonyl (C=O) groups is 1. The second-order valence-corrected chi connectivity index (χ2v) is 7.49. The fourth-order valence-electron chi connectivity index (χ4n) is 4.09. The van der Waals surface area contributed by atoms with Crippen LogP contribution in [0.2, 0.25) is 0 Å². The first-order chi connectivity index (χ1) is 12.1. The third-order valence-electron chi connectivity index (χ3n) is 5.79. The zero-order chi connectivity index (χ0) is 17.7. The Morgan fingerprint density at radius 1 is 1.20 bits per heavy atom. The Morgan fingerprint density at radius 3 is 2.56 bits per heavy atom. The van der Waals surface area contributed by atoms with Gasteiger partial charge in [-0.05, 0) is 49.3 Å². The van der Waals surface area contributed by atoms with Crippen LogP contribution in [0.4, 0.5) is 4.39 Å². The van der Waals surface area contributed by atoms with Crippen molar-refractivity contribution >= 4 is 5.91 Å². The average Bonchev–Trinajstić information content (AvgIpc) is 2.63. The molecule has 1 heterocycles. The molecule has 2 atom stereocenters. The van der Waals surface area contributed by atoms with Crippen LogP contribution in [0.5, 0.6) is 0 Å². The maximum absolute atomic E-state index is 13.3. The number of hydrogen-bond acceptors (Lipinski definition) is 3. The monoisotopic (exact) mass is 348 g/mol. The van der Waals surface area contributed by atoms with Gasteiger partial charge in [-0.25, -0.2) is 4.39 Å². The molecule has 5 heteroatoms. The van der Waals surface area contributed by atoms with Crippen molar-refractivity contribution in [2.24, 2.45) is 5.92 Å². The van der Waals surface area contributed by atoms with Gasteiger partial charge in [-0.15, -0.1) is 0 Å². The molecule has 0 spiro atoms. The van der Waals surface area contributed by atoms with Crippen molar-refractivity contribution in [1.29, 1.82) is 0 Å². The molecule has 1 saturated heterocycles. The summed E-state index contributed by atoms with van der Waals surface area (Å²) in [6.45, 7) is 3.79. The molecule has 0 radical (unpaired) electrons. The Bertz CT molecular complexity index is 570. The number of hydrogen-bond donors (Lipinski definition) is 2. The van der Waals surface area contributed by atoms with Gasteiger partial charge in [0, 0.05) is 24.8 Å². The Kier molecular flexibility index (Phi) is 6.07. The Hall–Kier alpha value is -1.46. The molecular weight excluding hydrogens is 319 g/mol. The van der Waals surface area contributed by atoms with Crippen molar-refractivity contribution in [3.8, 4) is 0 Å². The summed E-state index contributed by atoms with van der Waals surface area (Å²) in [5, 5.41) is 6.65. The van der Waals surface area contributed by atoms with E-state index in [0.717, 1.165) is 24.8 Å². The highest BCUT2D eigenvalue weighted by atomic mass is 19.1. The Balaban J connectivity index is 1.62. The van der Waals surface area contributed by atoms with Crippen LogP contribution in [0.3, 0.4) is 0 Å². The van der Waals surface area contributed by atoms with Crippen molar-refractivity contribution in [1.82, 2.24) is 10.6 Å². The summed E-state index contributed by atoms with van der Waals surface area (Å²) >= 11 is 0. The van der Waals surface area contributed by atoms with Crippen LogP contribution < -0.4 is 10.6 Å². The average molecular weight is 348 g/mol. The molecule has 0 aromatic heterocycles. The maximum Gasteiger partial charge on any atom is 0.234 e. The molecule has 1 amide bonds. The summed E-state index contributed by atoms with van der Waals surface area (Å²) in [4.78, 5) is 12.5. The smallest absolute Gasteiger partial charge is 0.234 e. The van der Waals surface area contributed by atoms with Crippen molar-refractivity contribution in [2.75, 3.05) is 19.8 Å². The van der Waals surface area contributed by atoms with E-state index in [0.29, 0.717) is 25.2 Å². The molecule has 1 saturated carbocycles. The van der Waals surface area contributed by atoms with E-state index in [4.69, 9.17) is 4.74 Å². The van der Waals surface area contributed by atoms with E-state index < -0.39 is 0 Å². The molecule has 2 N–H and O–H groups in total. The van der Waals surface area contributed by atoms with Gasteiger partial charge in [-0.1, -0.05) is 31.9 Å². The summed E-state index contributed by atoms with van der Waals surface area (Å²) in [7, 11) is 0. The highest BCUT2D eigenvalue weighted by molar-refractivity contribution is 5.78. The molecule has 1 aromatic carbocycles. The third kappa shape index (κ3) is 4.59. The van der Waals surface area contributed by atoms with Crippen LogP contribution >= 0.6 is 0 Å². The van der Waals surface area contributed by atoms with E-state index in [1.54, 1.807) is 0 Å². The molecule has 2 fully saturated rings. The molecule has 2 aliphatic rings. The Labute approximate surface area is 149 Å². The van der Waals surface area contributed by atoms with Crippen LogP contribution in [0.25, 0.3) is 0 Å². The molecule has 0 unspecified atom stereocenters. The number of benzene rings is 1. The van der Waals surface area contributed by atoms with Crippen molar-refractivity contribution in [3.05, 3.63) is 35.6 Å². The third-order valence-corrected chi connectivity index (χ3v) is 5.79. The Morgan fingerprint density at radius 2 is 1.88 bits per heavy atom. The number of rotatable bonds is 5. The van der Waals surface area contributed by atoms with E-state index in [1.165, 1.54) is 31.4 Å². The van der Waals surface area contributed by atoms with Crippen molar-refractivity contribution in [2.45, 2.75) is 57.0 Å². The molecule has 1 aliphatic carbocycles. The lowest BCUT2D eigenvalue weighted by Crippen LogP contribution is -2.52. The van der Waals surface area contributed by atoms with Crippen LogP contribution in [0.15, 0.2) is 24.3 Å². The van der Waals surface area contributed by atoms with Gasteiger partial charge in [-0.2, -0.15) is 0 Å². The van der Waals surface area contributed by atoms with E-state index in [1.807, 2.05) is 12.1 Å². The van der Waals surface area contributed by atoms with Crippen LogP contribution in [0.1, 0.15) is 51.0 Å². The topological polar surface area (TPSA) is 50.4 Å². The van der Waals surface area contributed by atoms with Gasteiger partial charge in [0.05, 0.1) is 6.54 Å². The van der Waals surface area contributed by atoms with Gasteiger partial charge >= 0.3 is 0 Å². The van der Waals surface area contributed by atoms with Gasteiger partial charge in [-0.3, -0.25) is 10.1 Å². The largest absolute Gasteiger partial charge is 0.381 e. The molecule has 25 heavy (non-hydrogen) atoms. The summed E-state index contributed by atoms with van der Waals surface area (Å²) in [5.74, 6) is 0.355. The molecule has 1 aliphatic heterocycles. The molecule has 138 valence electrons. The van der Waals surface area contributed by atoms with E-state index >= 15 is 0 Å². The number of carbonyl (C=O) groups excluding carboxylic acids is 1. The standard InChI is InChI=1S/C20H29FN2O2/c1-15-4-2-3-5-18(15)23-19(24)14-22-20(10-12-25-13-11-20)16-6-8-17(21)9-7-16/h6-9,15,18,22H,2-5,10-14H2,1H3,(H,23,24)/t15-,18-/m1/s1.